The Hall–Kier alpha value is -2.77. The number of aromatic hydroxyl groups is 1. The maximum absolute atomic E-state index is 12.2. The summed E-state index contributed by atoms with van der Waals surface area (Å²) >= 11 is 0. The highest BCUT2D eigenvalue weighted by Crippen LogP contribution is 2.23. The topological polar surface area (TPSA) is 63.8 Å². The monoisotopic (exact) mass is 326 g/mol. The maximum atomic E-state index is 12.2. The Balaban J connectivity index is 2.23. The van der Waals surface area contributed by atoms with Crippen LogP contribution in [0.3, 0.4) is 0 Å². The molecule has 2 rings (SSSR count). The predicted octanol–water partition coefficient (Wildman–Crippen LogP) is 2.55. The lowest BCUT2D eigenvalue weighted by Crippen LogP contribution is -2.23. The highest BCUT2D eigenvalue weighted by Gasteiger charge is 2.30. The van der Waals surface area contributed by atoms with E-state index in [0.717, 1.165) is 0 Å². The van der Waals surface area contributed by atoms with Crippen molar-refractivity contribution in [2.75, 3.05) is 7.05 Å². The number of benzene rings is 1. The molecule has 0 radical (unpaired) electrons. The van der Waals surface area contributed by atoms with Gasteiger partial charge in [0.05, 0.1) is 12.1 Å². The second-order valence-electron chi connectivity index (χ2n) is 4.63. The molecular formula is C15H13F3N2O3. The number of hydrogen-bond donors (Lipinski definition) is 1. The summed E-state index contributed by atoms with van der Waals surface area (Å²) in [7, 11) is 1.47. The maximum Gasteiger partial charge on any atom is 0.573 e. The number of rotatable bonds is 4. The molecule has 0 spiro atoms. The van der Waals surface area contributed by atoms with Crippen molar-refractivity contribution >= 4 is 6.21 Å². The smallest absolute Gasteiger partial charge is 0.507 e. The van der Waals surface area contributed by atoms with E-state index in [1.165, 1.54) is 54.4 Å². The molecule has 0 saturated heterocycles. The number of aromatic nitrogens is 1. The summed E-state index contributed by atoms with van der Waals surface area (Å²) in [5.74, 6) is -0.524. The molecule has 0 aliphatic rings. The molecule has 2 aromatic rings. The Morgan fingerprint density at radius 2 is 1.91 bits per heavy atom. The van der Waals surface area contributed by atoms with Gasteiger partial charge in [-0.2, -0.15) is 0 Å². The summed E-state index contributed by atoms with van der Waals surface area (Å²) in [6.45, 7) is 0.135. The SMILES string of the molecule is CN=Cc1c(O)ccn(Cc2ccc(OC(F)(F)F)cc2)c1=O. The fraction of sp³-hybridized carbons (Fsp3) is 0.200. The second-order valence-corrected chi connectivity index (χ2v) is 4.63. The third-order valence-corrected chi connectivity index (χ3v) is 2.95. The number of hydrogen-bond acceptors (Lipinski definition) is 4. The lowest BCUT2D eigenvalue weighted by Gasteiger charge is -2.10. The van der Waals surface area contributed by atoms with Crippen molar-refractivity contribution in [2.45, 2.75) is 12.9 Å². The Kier molecular flexibility index (Phi) is 4.73. The van der Waals surface area contributed by atoms with E-state index in [4.69, 9.17) is 0 Å². The Morgan fingerprint density at radius 1 is 1.26 bits per heavy atom. The molecule has 122 valence electrons. The van der Waals surface area contributed by atoms with Crippen LogP contribution in [0.15, 0.2) is 46.3 Å². The van der Waals surface area contributed by atoms with Crippen LogP contribution >= 0.6 is 0 Å². The van der Waals surface area contributed by atoms with Crippen LogP contribution in [0, 0.1) is 0 Å². The standard InChI is InChI=1S/C15H13F3N2O3/c1-19-8-12-13(21)6-7-20(14(12)22)9-10-2-4-11(5-3-10)23-15(16,17)18/h2-8,21H,9H2,1H3. The molecule has 0 unspecified atom stereocenters. The molecule has 23 heavy (non-hydrogen) atoms. The molecule has 0 saturated carbocycles. The first-order chi connectivity index (χ1) is 10.8. The predicted molar refractivity (Wildman–Crippen MR) is 78.1 cm³/mol. The number of aliphatic imine (C=N–C) groups is 1. The van der Waals surface area contributed by atoms with Crippen LogP contribution in [0.2, 0.25) is 0 Å². The highest BCUT2D eigenvalue weighted by atomic mass is 19.4. The van der Waals surface area contributed by atoms with Crippen molar-refractivity contribution in [3.63, 3.8) is 0 Å². The summed E-state index contributed by atoms with van der Waals surface area (Å²) in [5, 5.41) is 9.63. The largest absolute Gasteiger partial charge is 0.573 e. The van der Waals surface area contributed by atoms with Crippen LogP contribution in [0.1, 0.15) is 11.1 Å². The van der Waals surface area contributed by atoms with Crippen LogP contribution in [0.25, 0.3) is 0 Å². The number of alkyl halides is 3. The zero-order valence-electron chi connectivity index (χ0n) is 12.0. The van der Waals surface area contributed by atoms with E-state index in [1.807, 2.05) is 0 Å². The van der Waals surface area contributed by atoms with Gasteiger partial charge in [-0.05, 0) is 23.8 Å². The molecule has 0 atom stereocenters. The number of nitrogens with zero attached hydrogens (tertiary/aromatic N) is 2. The van der Waals surface area contributed by atoms with Gasteiger partial charge in [0.2, 0.25) is 0 Å². The first kappa shape index (κ1) is 16.6. The molecular weight excluding hydrogens is 313 g/mol. The first-order valence-electron chi connectivity index (χ1n) is 6.49. The Bertz CT molecular complexity index is 765. The number of halogens is 3. The van der Waals surface area contributed by atoms with Gasteiger partial charge in [-0.25, -0.2) is 0 Å². The van der Waals surface area contributed by atoms with E-state index >= 15 is 0 Å². The van der Waals surface area contributed by atoms with E-state index in [2.05, 4.69) is 9.73 Å². The van der Waals surface area contributed by atoms with Crippen molar-refractivity contribution in [1.29, 1.82) is 0 Å². The Labute approximate surface area is 129 Å². The van der Waals surface area contributed by atoms with Gasteiger partial charge >= 0.3 is 6.36 Å². The van der Waals surface area contributed by atoms with E-state index in [1.54, 1.807) is 0 Å². The molecule has 0 fully saturated rings. The summed E-state index contributed by atoms with van der Waals surface area (Å²) in [6, 6.07) is 6.53. The van der Waals surface area contributed by atoms with Crippen LogP contribution in [-0.4, -0.2) is 29.3 Å². The summed E-state index contributed by atoms with van der Waals surface area (Å²) in [6.07, 6.45) is -2.11. The van der Waals surface area contributed by atoms with Gasteiger partial charge in [0.1, 0.15) is 11.5 Å². The van der Waals surface area contributed by atoms with E-state index in [-0.39, 0.29) is 23.6 Å². The van der Waals surface area contributed by atoms with Crippen molar-refractivity contribution in [2.24, 2.45) is 4.99 Å². The van der Waals surface area contributed by atoms with E-state index in [0.29, 0.717) is 5.56 Å². The van der Waals surface area contributed by atoms with Crippen molar-refractivity contribution in [3.05, 3.63) is 58.0 Å². The van der Waals surface area contributed by atoms with Crippen LogP contribution in [0.5, 0.6) is 11.5 Å². The lowest BCUT2D eigenvalue weighted by atomic mass is 10.2. The third-order valence-electron chi connectivity index (χ3n) is 2.95. The Morgan fingerprint density at radius 3 is 2.48 bits per heavy atom. The third kappa shape index (κ3) is 4.35. The molecule has 1 N–H and O–H groups in total. The zero-order chi connectivity index (χ0) is 17.0. The minimum atomic E-state index is -4.75. The molecule has 1 aromatic carbocycles. The fourth-order valence-electron chi connectivity index (χ4n) is 1.95. The first-order valence-corrected chi connectivity index (χ1v) is 6.49. The van der Waals surface area contributed by atoms with Crippen molar-refractivity contribution < 1.29 is 23.0 Å². The van der Waals surface area contributed by atoms with Gasteiger partial charge in [-0.3, -0.25) is 9.79 Å². The van der Waals surface area contributed by atoms with Crippen LogP contribution < -0.4 is 10.3 Å². The van der Waals surface area contributed by atoms with Gasteiger partial charge in [-0.1, -0.05) is 12.1 Å². The average Bonchev–Trinajstić information content (AvgIpc) is 2.47. The molecule has 1 aromatic heterocycles. The number of ether oxygens (including phenoxy) is 1. The van der Waals surface area contributed by atoms with Crippen molar-refractivity contribution in [3.8, 4) is 11.5 Å². The van der Waals surface area contributed by atoms with Gasteiger partial charge < -0.3 is 14.4 Å². The molecule has 8 heteroatoms. The minimum absolute atomic E-state index is 0.0482. The fourth-order valence-corrected chi connectivity index (χ4v) is 1.95. The average molecular weight is 326 g/mol. The summed E-state index contributed by atoms with van der Waals surface area (Å²) in [5.41, 5.74) is 0.199. The lowest BCUT2D eigenvalue weighted by molar-refractivity contribution is -0.274. The van der Waals surface area contributed by atoms with Gasteiger partial charge in [0.25, 0.3) is 5.56 Å². The molecule has 0 aliphatic heterocycles. The van der Waals surface area contributed by atoms with E-state index in [9.17, 15) is 23.1 Å². The molecule has 5 nitrogen and oxygen atoms in total. The summed E-state index contributed by atoms with van der Waals surface area (Å²) in [4.78, 5) is 15.9. The van der Waals surface area contributed by atoms with Gasteiger partial charge in [0, 0.05) is 19.5 Å². The van der Waals surface area contributed by atoms with Crippen molar-refractivity contribution in [1.82, 2.24) is 4.57 Å². The minimum Gasteiger partial charge on any atom is -0.507 e. The zero-order valence-corrected chi connectivity index (χ0v) is 12.0. The van der Waals surface area contributed by atoms with Crippen LogP contribution in [0.4, 0.5) is 13.2 Å². The normalized spacial score (nSPS) is 11.8. The second kappa shape index (κ2) is 6.55. The van der Waals surface area contributed by atoms with Gasteiger partial charge in [-0.15, -0.1) is 13.2 Å². The highest BCUT2D eigenvalue weighted by molar-refractivity contribution is 5.82. The summed E-state index contributed by atoms with van der Waals surface area (Å²) < 4.78 is 41.4. The van der Waals surface area contributed by atoms with Gasteiger partial charge in [0.15, 0.2) is 0 Å². The molecule has 1 heterocycles. The molecule has 0 bridgehead atoms. The van der Waals surface area contributed by atoms with E-state index < -0.39 is 11.9 Å². The number of pyridine rings is 1. The quantitative estimate of drug-likeness (QED) is 0.878. The van der Waals surface area contributed by atoms with Crippen LogP contribution in [-0.2, 0) is 6.54 Å². The molecule has 0 aliphatic carbocycles. The molecule has 0 amide bonds.